The normalized spacial score (nSPS) is 11.5. The molecule has 1 aromatic carbocycles. The highest BCUT2D eigenvalue weighted by atomic mass is 32.2. The molecule has 0 atom stereocenters. The van der Waals surface area contributed by atoms with Crippen LogP contribution in [0.2, 0.25) is 0 Å². The van der Waals surface area contributed by atoms with Crippen molar-refractivity contribution in [1.82, 2.24) is 19.7 Å². The fourth-order valence-electron chi connectivity index (χ4n) is 2.47. The number of ether oxygens (including phenoxy) is 1. The number of aromatic nitrogens is 3. The second kappa shape index (κ2) is 8.54. The zero-order valence-electron chi connectivity index (χ0n) is 17.0. The summed E-state index contributed by atoms with van der Waals surface area (Å²) < 4.78 is 22.4. The van der Waals surface area contributed by atoms with Gasteiger partial charge < -0.3 is 9.64 Å². The van der Waals surface area contributed by atoms with E-state index in [-0.39, 0.29) is 12.4 Å². The summed E-state index contributed by atoms with van der Waals surface area (Å²) in [4.78, 5) is 19.3. The summed E-state index contributed by atoms with van der Waals surface area (Å²) in [5.74, 6) is -0.335. The average Bonchev–Trinajstić information content (AvgIpc) is 3.20. The second-order valence-electron chi connectivity index (χ2n) is 7.51. The van der Waals surface area contributed by atoms with Crippen LogP contribution in [0.4, 0.5) is 9.18 Å². The van der Waals surface area contributed by atoms with E-state index in [0.29, 0.717) is 16.3 Å². The van der Waals surface area contributed by atoms with Gasteiger partial charge >= 0.3 is 6.09 Å². The number of rotatable bonds is 5. The molecule has 0 aliphatic heterocycles. The molecule has 0 spiro atoms. The molecule has 0 unspecified atom stereocenters. The van der Waals surface area contributed by atoms with E-state index in [2.05, 4.69) is 10.1 Å². The molecular formula is C20H23FN4O2S2. The molecule has 0 radical (unpaired) electrons. The highest BCUT2D eigenvalue weighted by Crippen LogP contribution is 2.41. The quantitative estimate of drug-likeness (QED) is 0.552. The molecule has 1 amide bonds. The van der Waals surface area contributed by atoms with Gasteiger partial charge in [0.2, 0.25) is 0 Å². The monoisotopic (exact) mass is 434 g/mol. The lowest BCUT2D eigenvalue weighted by atomic mass is 10.1. The molecule has 9 heteroatoms. The maximum Gasteiger partial charge on any atom is 0.410 e. The van der Waals surface area contributed by atoms with E-state index in [1.807, 2.05) is 34.0 Å². The summed E-state index contributed by atoms with van der Waals surface area (Å²) in [7, 11) is 3.50. The number of amides is 1. The fraction of sp³-hybridized carbons (Fsp3) is 0.350. The van der Waals surface area contributed by atoms with Crippen LogP contribution in [-0.4, -0.2) is 38.4 Å². The lowest BCUT2D eigenvalue weighted by Gasteiger charge is -2.24. The van der Waals surface area contributed by atoms with Gasteiger partial charge in [0.1, 0.15) is 16.4 Å². The summed E-state index contributed by atoms with van der Waals surface area (Å²) in [5, 5.41) is 4.88. The molecule has 6 nitrogen and oxygen atoms in total. The number of carbonyl (C=O) groups excluding carboxylic acids is 1. The molecule has 2 aromatic heterocycles. The molecule has 0 saturated heterocycles. The SMILES string of the molecule is CN(Cc1nc(-c2ccccc2F)c(Sc2cnn(C)c2)s1)C(=O)OC(C)(C)C. The van der Waals surface area contributed by atoms with Gasteiger partial charge in [-0.2, -0.15) is 5.10 Å². The summed E-state index contributed by atoms with van der Waals surface area (Å²) >= 11 is 2.91. The van der Waals surface area contributed by atoms with E-state index in [9.17, 15) is 9.18 Å². The molecule has 0 aliphatic carbocycles. The van der Waals surface area contributed by atoms with E-state index in [0.717, 1.165) is 9.10 Å². The summed E-state index contributed by atoms with van der Waals surface area (Å²) in [5.41, 5.74) is 0.421. The number of aryl methyl sites for hydroxylation is 1. The molecule has 0 fully saturated rings. The van der Waals surface area contributed by atoms with Crippen molar-refractivity contribution in [2.45, 2.75) is 42.0 Å². The van der Waals surface area contributed by atoms with Crippen molar-refractivity contribution >= 4 is 29.2 Å². The minimum Gasteiger partial charge on any atom is -0.444 e. The summed E-state index contributed by atoms with van der Waals surface area (Å²) in [6.07, 6.45) is 3.21. The van der Waals surface area contributed by atoms with Crippen LogP contribution in [0.1, 0.15) is 25.8 Å². The Morgan fingerprint density at radius 3 is 2.69 bits per heavy atom. The molecule has 3 aromatic rings. The van der Waals surface area contributed by atoms with Gasteiger partial charge in [-0.25, -0.2) is 14.2 Å². The van der Waals surface area contributed by atoms with Crippen molar-refractivity contribution in [2.75, 3.05) is 7.05 Å². The third kappa shape index (κ3) is 5.57. The summed E-state index contributed by atoms with van der Waals surface area (Å²) in [6.45, 7) is 5.73. The van der Waals surface area contributed by atoms with E-state index < -0.39 is 11.7 Å². The largest absolute Gasteiger partial charge is 0.444 e. The second-order valence-corrected chi connectivity index (χ2v) is 9.94. The smallest absolute Gasteiger partial charge is 0.410 e. The Morgan fingerprint density at radius 2 is 2.07 bits per heavy atom. The van der Waals surface area contributed by atoms with Crippen LogP contribution in [0.5, 0.6) is 0 Å². The van der Waals surface area contributed by atoms with Gasteiger partial charge in [-0.1, -0.05) is 23.9 Å². The molecule has 29 heavy (non-hydrogen) atoms. The predicted octanol–water partition coefficient (Wildman–Crippen LogP) is 5.20. The number of nitrogens with zero attached hydrogens (tertiary/aromatic N) is 4. The van der Waals surface area contributed by atoms with Crippen molar-refractivity contribution in [3.05, 3.63) is 47.5 Å². The zero-order chi connectivity index (χ0) is 21.2. The fourth-order valence-corrected chi connectivity index (χ4v) is 4.85. The standard InChI is InChI=1S/C20H23FN4O2S2/c1-20(2,3)27-19(26)24(4)12-16-23-17(14-8-6-7-9-15(14)21)18(29-16)28-13-10-22-25(5)11-13/h6-11H,12H2,1-5H3. The van der Waals surface area contributed by atoms with Gasteiger partial charge in [-0.05, 0) is 32.9 Å². The number of thiazole rings is 1. The molecule has 154 valence electrons. The van der Waals surface area contributed by atoms with Crippen LogP contribution < -0.4 is 0 Å². The van der Waals surface area contributed by atoms with Crippen molar-refractivity contribution < 1.29 is 13.9 Å². The van der Waals surface area contributed by atoms with Crippen molar-refractivity contribution in [3.8, 4) is 11.3 Å². The lowest BCUT2D eigenvalue weighted by molar-refractivity contribution is 0.0285. The van der Waals surface area contributed by atoms with Crippen LogP contribution in [0.15, 0.2) is 45.8 Å². The van der Waals surface area contributed by atoms with Gasteiger partial charge in [0.15, 0.2) is 0 Å². The Bertz CT molecular complexity index is 1010. The van der Waals surface area contributed by atoms with Crippen LogP contribution in [-0.2, 0) is 18.3 Å². The molecule has 0 aliphatic rings. The van der Waals surface area contributed by atoms with Gasteiger partial charge in [0, 0.05) is 25.9 Å². The van der Waals surface area contributed by atoms with Crippen LogP contribution in [0.25, 0.3) is 11.3 Å². The maximum atomic E-state index is 14.4. The van der Waals surface area contributed by atoms with Crippen LogP contribution >= 0.6 is 23.1 Å². The molecular weight excluding hydrogens is 411 g/mol. The number of hydrogen-bond acceptors (Lipinski definition) is 6. The number of benzene rings is 1. The number of halogens is 1. The van der Waals surface area contributed by atoms with E-state index in [4.69, 9.17) is 4.74 Å². The molecule has 0 bridgehead atoms. The van der Waals surface area contributed by atoms with Gasteiger partial charge in [0.05, 0.1) is 27.5 Å². The first-order valence-electron chi connectivity index (χ1n) is 8.97. The average molecular weight is 435 g/mol. The first-order chi connectivity index (χ1) is 13.6. The van der Waals surface area contributed by atoms with Crippen LogP contribution in [0.3, 0.4) is 0 Å². The minimum absolute atomic E-state index is 0.272. The van der Waals surface area contributed by atoms with E-state index in [1.165, 1.54) is 34.1 Å². The zero-order valence-corrected chi connectivity index (χ0v) is 18.6. The predicted molar refractivity (Wildman–Crippen MR) is 113 cm³/mol. The molecule has 3 rings (SSSR count). The highest BCUT2D eigenvalue weighted by molar-refractivity contribution is 8.01. The van der Waals surface area contributed by atoms with Crippen molar-refractivity contribution in [2.24, 2.45) is 7.05 Å². The van der Waals surface area contributed by atoms with Gasteiger partial charge in [0.25, 0.3) is 0 Å². The minimum atomic E-state index is -0.576. The van der Waals surface area contributed by atoms with Gasteiger partial charge in [-0.15, -0.1) is 11.3 Å². The third-order valence-electron chi connectivity index (χ3n) is 3.74. The van der Waals surface area contributed by atoms with Crippen molar-refractivity contribution in [3.63, 3.8) is 0 Å². The Morgan fingerprint density at radius 1 is 1.34 bits per heavy atom. The Kier molecular flexibility index (Phi) is 6.28. The summed E-state index contributed by atoms with van der Waals surface area (Å²) in [6, 6.07) is 6.55. The topological polar surface area (TPSA) is 60.2 Å². The number of carbonyl (C=O) groups is 1. The van der Waals surface area contributed by atoms with Crippen molar-refractivity contribution in [1.29, 1.82) is 0 Å². The lowest BCUT2D eigenvalue weighted by Crippen LogP contribution is -2.33. The Labute approximate surface area is 177 Å². The first kappa shape index (κ1) is 21.3. The number of hydrogen-bond donors (Lipinski definition) is 0. The molecule has 0 N–H and O–H groups in total. The maximum absolute atomic E-state index is 14.4. The van der Waals surface area contributed by atoms with Crippen LogP contribution in [0, 0.1) is 5.82 Å². The Balaban J connectivity index is 1.90. The molecule has 0 saturated carbocycles. The first-order valence-corrected chi connectivity index (χ1v) is 10.6. The molecule has 2 heterocycles. The van der Waals surface area contributed by atoms with E-state index >= 15 is 0 Å². The Hall–Kier alpha value is -2.39. The highest BCUT2D eigenvalue weighted by Gasteiger charge is 2.23. The third-order valence-corrected chi connectivity index (χ3v) is 5.90. The van der Waals surface area contributed by atoms with E-state index in [1.54, 1.807) is 36.1 Å². The van der Waals surface area contributed by atoms with Gasteiger partial charge in [-0.3, -0.25) is 4.68 Å².